The number of para-hydroxylation sites is 1. The first kappa shape index (κ1) is 17.9. The molecule has 0 radical (unpaired) electrons. The first-order chi connectivity index (χ1) is 13.6. The summed E-state index contributed by atoms with van der Waals surface area (Å²) in [5, 5.41) is 4.18. The second-order valence-corrected chi connectivity index (χ2v) is 6.87. The molecule has 28 heavy (non-hydrogen) atoms. The van der Waals surface area contributed by atoms with Gasteiger partial charge in [0.15, 0.2) is 0 Å². The normalized spacial score (nSPS) is 11.9. The maximum absolute atomic E-state index is 12.8. The van der Waals surface area contributed by atoms with Crippen LogP contribution < -0.4 is 5.32 Å². The van der Waals surface area contributed by atoms with E-state index in [4.69, 9.17) is 4.98 Å². The Labute approximate surface area is 164 Å². The third-order valence-electron chi connectivity index (χ3n) is 4.91. The number of nitrogens with one attached hydrogen (secondary N) is 1. The van der Waals surface area contributed by atoms with Gasteiger partial charge in [0.1, 0.15) is 0 Å². The molecule has 1 atom stereocenters. The summed E-state index contributed by atoms with van der Waals surface area (Å²) in [5.41, 5.74) is 5.39. The SMILES string of the molecule is Cc1ccccc1C(=O)NC(C)c1cc(-c2cccnc2)nc2ccccc12. The summed E-state index contributed by atoms with van der Waals surface area (Å²) >= 11 is 0. The summed E-state index contributed by atoms with van der Waals surface area (Å²) in [5.74, 6) is -0.0746. The smallest absolute Gasteiger partial charge is 0.252 e. The van der Waals surface area contributed by atoms with E-state index >= 15 is 0 Å². The van der Waals surface area contributed by atoms with Gasteiger partial charge in [-0.25, -0.2) is 4.98 Å². The Morgan fingerprint density at radius 1 is 1.00 bits per heavy atom. The fourth-order valence-corrected chi connectivity index (χ4v) is 3.40. The number of carbonyl (C=O) groups is 1. The summed E-state index contributed by atoms with van der Waals surface area (Å²) in [6, 6.07) is 21.4. The molecule has 1 unspecified atom stereocenters. The van der Waals surface area contributed by atoms with Gasteiger partial charge in [0.25, 0.3) is 5.91 Å². The molecular weight excluding hydrogens is 346 g/mol. The lowest BCUT2D eigenvalue weighted by molar-refractivity contribution is 0.0939. The molecule has 138 valence electrons. The molecule has 1 amide bonds. The summed E-state index contributed by atoms with van der Waals surface area (Å²) < 4.78 is 0. The van der Waals surface area contributed by atoms with Crippen LogP contribution in [0.1, 0.15) is 34.5 Å². The van der Waals surface area contributed by atoms with Gasteiger partial charge in [-0.1, -0.05) is 36.4 Å². The van der Waals surface area contributed by atoms with E-state index in [1.54, 1.807) is 12.4 Å². The van der Waals surface area contributed by atoms with Gasteiger partial charge in [-0.3, -0.25) is 9.78 Å². The third kappa shape index (κ3) is 3.49. The van der Waals surface area contributed by atoms with Crippen LogP contribution in [0, 0.1) is 6.92 Å². The molecule has 2 heterocycles. The molecule has 2 aromatic carbocycles. The van der Waals surface area contributed by atoms with Crippen LogP contribution in [0.3, 0.4) is 0 Å². The fraction of sp³-hybridized carbons (Fsp3) is 0.125. The van der Waals surface area contributed by atoms with Crippen molar-refractivity contribution in [3.05, 3.63) is 95.8 Å². The third-order valence-corrected chi connectivity index (χ3v) is 4.91. The second kappa shape index (κ2) is 7.61. The highest BCUT2D eigenvalue weighted by molar-refractivity contribution is 5.96. The molecule has 1 N–H and O–H groups in total. The van der Waals surface area contributed by atoms with Crippen molar-refractivity contribution in [1.82, 2.24) is 15.3 Å². The van der Waals surface area contributed by atoms with Crippen LogP contribution in [0.15, 0.2) is 79.1 Å². The molecule has 0 bridgehead atoms. The van der Waals surface area contributed by atoms with Gasteiger partial charge < -0.3 is 5.32 Å². The maximum atomic E-state index is 12.8. The number of rotatable bonds is 4. The number of aromatic nitrogens is 2. The zero-order valence-electron chi connectivity index (χ0n) is 15.9. The molecule has 4 rings (SSSR count). The maximum Gasteiger partial charge on any atom is 0.252 e. The number of pyridine rings is 2. The topological polar surface area (TPSA) is 54.9 Å². The van der Waals surface area contributed by atoms with Crippen LogP contribution in [0.4, 0.5) is 0 Å². The minimum Gasteiger partial charge on any atom is -0.345 e. The minimum atomic E-state index is -0.171. The number of carbonyl (C=O) groups excluding carboxylic acids is 1. The molecule has 0 saturated carbocycles. The number of benzene rings is 2. The predicted octanol–water partition coefficient (Wildman–Crippen LogP) is 5.10. The molecule has 0 spiro atoms. The Balaban J connectivity index is 1.74. The largest absolute Gasteiger partial charge is 0.345 e. The summed E-state index contributed by atoms with van der Waals surface area (Å²) in [6.07, 6.45) is 3.55. The van der Waals surface area contributed by atoms with Crippen LogP contribution in [-0.2, 0) is 0 Å². The molecular formula is C24H21N3O. The van der Waals surface area contributed by atoms with Crippen molar-refractivity contribution in [2.24, 2.45) is 0 Å². The molecule has 4 heteroatoms. The number of aryl methyl sites for hydroxylation is 1. The van der Waals surface area contributed by atoms with Crippen molar-refractivity contribution in [3.63, 3.8) is 0 Å². The molecule has 2 aromatic heterocycles. The van der Waals surface area contributed by atoms with Gasteiger partial charge in [0.2, 0.25) is 0 Å². The van der Waals surface area contributed by atoms with Crippen molar-refractivity contribution in [2.45, 2.75) is 19.9 Å². The van der Waals surface area contributed by atoms with Crippen LogP contribution in [0.2, 0.25) is 0 Å². The van der Waals surface area contributed by atoms with E-state index in [1.807, 2.05) is 80.6 Å². The van der Waals surface area contributed by atoms with Crippen molar-refractivity contribution in [1.29, 1.82) is 0 Å². The van der Waals surface area contributed by atoms with Crippen molar-refractivity contribution < 1.29 is 4.79 Å². The number of nitrogens with zero attached hydrogens (tertiary/aromatic N) is 2. The first-order valence-corrected chi connectivity index (χ1v) is 9.30. The van der Waals surface area contributed by atoms with Crippen LogP contribution >= 0.6 is 0 Å². The highest BCUT2D eigenvalue weighted by atomic mass is 16.1. The van der Waals surface area contributed by atoms with E-state index in [0.29, 0.717) is 5.56 Å². The van der Waals surface area contributed by atoms with Crippen molar-refractivity contribution in [2.75, 3.05) is 0 Å². The van der Waals surface area contributed by atoms with Crippen LogP contribution in [0.25, 0.3) is 22.2 Å². The quantitative estimate of drug-likeness (QED) is 0.546. The van der Waals surface area contributed by atoms with E-state index in [0.717, 1.165) is 33.3 Å². The van der Waals surface area contributed by atoms with Gasteiger partial charge in [-0.05, 0) is 55.3 Å². The van der Waals surface area contributed by atoms with E-state index in [2.05, 4.69) is 10.3 Å². The lowest BCUT2D eigenvalue weighted by atomic mass is 9.99. The molecule has 4 nitrogen and oxygen atoms in total. The molecule has 0 aliphatic rings. The van der Waals surface area contributed by atoms with E-state index in [1.165, 1.54) is 0 Å². The number of hydrogen-bond acceptors (Lipinski definition) is 3. The van der Waals surface area contributed by atoms with Crippen molar-refractivity contribution >= 4 is 16.8 Å². The van der Waals surface area contributed by atoms with E-state index in [9.17, 15) is 4.79 Å². The predicted molar refractivity (Wildman–Crippen MR) is 112 cm³/mol. The molecule has 0 fully saturated rings. The van der Waals surface area contributed by atoms with Gasteiger partial charge in [0, 0.05) is 28.9 Å². The standard InChI is InChI=1S/C24H21N3O/c1-16-8-3-4-10-19(16)24(28)26-17(2)21-14-23(18-9-7-13-25-15-18)27-22-12-6-5-11-20(21)22/h3-15,17H,1-2H3,(H,26,28). The highest BCUT2D eigenvalue weighted by Gasteiger charge is 2.17. The Morgan fingerprint density at radius 2 is 1.79 bits per heavy atom. The lowest BCUT2D eigenvalue weighted by Gasteiger charge is -2.18. The lowest BCUT2D eigenvalue weighted by Crippen LogP contribution is -2.27. The molecule has 4 aromatic rings. The number of fused-ring (bicyclic) bond motifs is 1. The van der Waals surface area contributed by atoms with E-state index < -0.39 is 0 Å². The summed E-state index contributed by atoms with van der Waals surface area (Å²) in [4.78, 5) is 21.8. The average molecular weight is 367 g/mol. The fourth-order valence-electron chi connectivity index (χ4n) is 3.40. The van der Waals surface area contributed by atoms with E-state index in [-0.39, 0.29) is 11.9 Å². The van der Waals surface area contributed by atoms with Crippen LogP contribution in [0.5, 0.6) is 0 Å². The zero-order valence-corrected chi connectivity index (χ0v) is 15.9. The highest BCUT2D eigenvalue weighted by Crippen LogP contribution is 2.28. The number of hydrogen-bond donors (Lipinski definition) is 1. The Morgan fingerprint density at radius 3 is 2.57 bits per heavy atom. The minimum absolute atomic E-state index is 0.0746. The molecule has 0 aliphatic carbocycles. The monoisotopic (exact) mass is 367 g/mol. The van der Waals surface area contributed by atoms with Gasteiger partial charge in [-0.2, -0.15) is 0 Å². The molecule has 0 saturated heterocycles. The summed E-state index contributed by atoms with van der Waals surface area (Å²) in [7, 11) is 0. The van der Waals surface area contributed by atoms with Crippen molar-refractivity contribution in [3.8, 4) is 11.3 Å². The first-order valence-electron chi connectivity index (χ1n) is 9.30. The zero-order chi connectivity index (χ0) is 19.5. The average Bonchev–Trinajstić information content (AvgIpc) is 2.73. The summed E-state index contributed by atoms with van der Waals surface area (Å²) in [6.45, 7) is 3.95. The molecule has 0 aliphatic heterocycles. The Kier molecular flexibility index (Phi) is 4.85. The Hall–Kier alpha value is -3.53. The van der Waals surface area contributed by atoms with Crippen LogP contribution in [-0.4, -0.2) is 15.9 Å². The van der Waals surface area contributed by atoms with Gasteiger partial charge in [-0.15, -0.1) is 0 Å². The second-order valence-electron chi connectivity index (χ2n) is 6.87. The Bertz CT molecular complexity index is 1140. The van der Waals surface area contributed by atoms with Gasteiger partial charge >= 0.3 is 0 Å². The number of amides is 1. The van der Waals surface area contributed by atoms with Gasteiger partial charge in [0.05, 0.1) is 17.3 Å².